The van der Waals surface area contributed by atoms with E-state index in [1.165, 1.54) is 0 Å². The Morgan fingerprint density at radius 2 is 2.18 bits per heavy atom. The summed E-state index contributed by atoms with van der Waals surface area (Å²) in [6, 6.07) is 0. The van der Waals surface area contributed by atoms with Crippen molar-refractivity contribution >= 4 is 5.91 Å². The van der Waals surface area contributed by atoms with Crippen molar-refractivity contribution in [2.45, 2.75) is 27.2 Å². The molecule has 1 amide bonds. The summed E-state index contributed by atoms with van der Waals surface area (Å²) >= 11 is 0. The van der Waals surface area contributed by atoms with Gasteiger partial charge < -0.3 is 0 Å². The molecule has 0 aliphatic rings. The minimum Gasteiger partial charge on any atom is -0.288 e. The molecule has 0 saturated carbocycles. The number of hydrogen-bond acceptors (Lipinski definition) is 2. The summed E-state index contributed by atoms with van der Waals surface area (Å²) in [6.45, 7) is 6.47. The molecule has 3 nitrogen and oxygen atoms in total. The SMILES string of the molecule is CC=C(C)C(=O)NNCCC. The van der Waals surface area contributed by atoms with Crippen molar-refractivity contribution in [1.29, 1.82) is 0 Å². The van der Waals surface area contributed by atoms with Crippen molar-refractivity contribution in [1.82, 2.24) is 10.9 Å². The van der Waals surface area contributed by atoms with E-state index in [4.69, 9.17) is 0 Å². The van der Waals surface area contributed by atoms with Gasteiger partial charge in [0.25, 0.3) is 5.91 Å². The van der Waals surface area contributed by atoms with Gasteiger partial charge in [0.2, 0.25) is 0 Å². The number of allylic oxidation sites excluding steroid dienone is 1. The summed E-state index contributed by atoms with van der Waals surface area (Å²) in [5, 5.41) is 0. The van der Waals surface area contributed by atoms with Crippen LogP contribution in [0.2, 0.25) is 0 Å². The highest BCUT2D eigenvalue weighted by Crippen LogP contribution is 1.88. The molecule has 0 rings (SSSR count). The number of hydrazine groups is 1. The molecule has 0 saturated heterocycles. The quantitative estimate of drug-likeness (QED) is 0.362. The van der Waals surface area contributed by atoms with Crippen LogP contribution in [0.25, 0.3) is 0 Å². The van der Waals surface area contributed by atoms with Crippen molar-refractivity contribution in [3.63, 3.8) is 0 Å². The van der Waals surface area contributed by atoms with E-state index in [1.807, 2.05) is 13.8 Å². The van der Waals surface area contributed by atoms with E-state index in [0.717, 1.165) is 18.5 Å². The lowest BCUT2D eigenvalue weighted by molar-refractivity contribution is -0.118. The first-order valence-electron chi connectivity index (χ1n) is 3.88. The highest BCUT2D eigenvalue weighted by Gasteiger charge is 1.99. The molecule has 0 radical (unpaired) electrons. The van der Waals surface area contributed by atoms with Crippen LogP contribution in [0, 0.1) is 0 Å². The minimum absolute atomic E-state index is 0.0547. The van der Waals surface area contributed by atoms with Crippen molar-refractivity contribution in [2.75, 3.05) is 6.54 Å². The first-order chi connectivity index (χ1) is 5.22. The Bertz CT molecular complexity index is 152. The second kappa shape index (κ2) is 5.92. The smallest absolute Gasteiger partial charge is 0.260 e. The van der Waals surface area contributed by atoms with Crippen LogP contribution in [0.1, 0.15) is 27.2 Å². The molecule has 0 aliphatic heterocycles. The van der Waals surface area contributed by atoms with Crippen LogP contribution in [0.4, 0.5) is 0 Å². The number of carbonyl (C=O) groups excluding carboxylic acids is 1. The number of nitrogens with one attached hydrogen (secondary N) is 2. The summed E-state index contributed by atoms with van der Waals surface area (Å²) in [7, 11) is 0. The maximum atomic E-state index is 11.0. The summed E-state index contributed by atoms with van der Waals surface area (Å²) in [4.78, 5) is 11.0. The molecule has 64 valence electrons. The molecule has 0 fully saturated rings. The van der Waals surface area contributed by atoms with Gasteiger partial charge in [0.05, 0.1) is 0 Å². The van der Waals surface area contributed by atoms with Gasteiger partial charge in [-0.3, -0.25) is 10.2 Å². The molecule has 3 heteroatoms. The summed E-state index contributed by atoms with van der Waals surface area (Å²) < 4.78 is 0. The van der Waals surface area contributed by atoms with E-state index in [2.05, 4.69) is 10.9 Å². The van der Waals surface area contributed by atoms with E-state index in [-0.39, 0.29) is 5.91 Å². The van der Waals surface area contributed by atoms with Gasteiger partial charge in [0.1, 0.15) is 0 Å². The van der Waals surface area contributed by atoms with Gasteiger partial charge in [-0.25, -0.2) is 5.43 Å². The number of amides is 1. The molecule has 0 aromatic carbocycles. The molecule has 0 aromatic heterocycles. The highest BCUT2D eigenvalue weighted by molar-refractivity contribution is 5.92. The summed E-state index contributed by atoms with van der Waals surface area (Å²) in [6.07, 6.45) is 2.79. The second-order valence-electron chi connectivity index (χ2n) is 2.35. The molecule has 0 spiro atoms. The van der Waals surface area contributed by atoms with Gasteiger partial charge >= 0.3 is 0 Å². The monoisotopic (exact) mass is 156 g/mol. The van der Waals surface area contributed by atoms with Crippen LogP contribution in [0.5, 0.6) is 0 Å². The molecule has 0 atom stereocenters. The van der Waals surface area contributed by atoms with Gasteiger partial charge in [-0.2, -0.15) is 0 Å². The summed E-state index contributed by atoms with van der Waals surface area (Å²) in [5.74, 6) is -0.0547. The number of rotatable bonds is 4. The molecular formula is C8H16N2O. The predicted molar refractivity (Wildman–Crippen MR) is 45.9 cm³/mol. The normalized spacial score (nSPS) is 11.4. The maximum absolute atomic E-state index is 11.0. The third kappa shape index (κ3) is 4.56. The molecule has 11 heavy (non-hydrogen) atoms. The maximum Gasteiger partial charge on any atom is 0.260 e. The molecule has 0 bridgehead atoms. The van der Waals surface area contributed by atoms with Gasteiger partial charge in [0.15, 0.2) is 0 Å². The van der Waals surface area contributed by atoms with Crippen LogP contribution >= 0.6 is 0 Å². The molecule has 0 aromatic rings. The van der Waals surface area contributed by atoms with E-state index in [1.54, 1.807) is 13.0 Å². The van der Waals surface area contributed by atoms with Gasteiger partial charge in [-0.1, -0.05) is 13.0 Å². The Morgan fingerprint density at radius 3 is 2.64 bits per heavy atom. The van der Waals surface area contributed by atoms with E-state index in [9.17, 15) is 4.79 Å². The average Bonchev–Trinajstić information content (AvgIpc) is 2.03. The average molecular weight is 156 g/mol. The Hall–Kier alpha value is -0.830. The predicted octanol–water partition coefficient (Wildman–Crippen LogP) is 0.983. The zero-order valence-corrected chi connectivity index (χ0v) is 7.40. The van der Waals surface area contributed by atoms with Crippen molar-refractivity contribution < 1.29 is 4.79 Å². The van der Waals surface area contributed by atoms with Gasteiger partial charge in [-0.05, 0) is 20.3 Å². The molecule has 0 aliphatic carbocycles. The standard InChI is InChI=1S/C8H16N2O/c1-4-6-9-10-8(11)7(3)5-2/h5,9H,4,6H2,1-3H3,(H,10,11). The largest absolute Gasteiger partial charge is 0.288 e. The minimum atomic E-state index is -0.0547. The van der Waals surface area contributed by atoms with E-state index >= 15 is 0 Å². The third-order valence-corrected chi connectivity index (χ3v) is 1.37. The Kier molecular flexibility index (Phi) is 5.47. The molecule has 2 N–H and O–H groups in total. The van der Waals surface area contributed by atoms with Gasteiger partial charge in [-0.15, -0.1) is 0 Å². The van der Waals surface area contributed by atoms with Crippen molar-refractivity contribution in [3.05, 3.63) is 11.6 Å². The Morgan fingerprint density at radius 1 is 1.55 bits per heavy atom. The van der Waals surface area contributed by atoms with E-state index in [0.29, 0.717) is 0 Å². The Labute approximate surface area is 67.8 Å². The first kappa shape index (κ1) is 10.2. The lowest BCUT2D eigenvalue weighted by Gasteiger charge is -2.04. The topological polar surface area (TPSA) is 41.1 Å². The second-order valence-corrected chi connectivity index (χ2v) is 2.35. The molecular weight excluding hydrogens is 140 g/mol. The summed E-state index contributed by atoms with van der Waals surface area (Å²) in [5.41, 5.74) is 6.12. The number of carbonyl (C=O) groups is 1. The van der Waals surface area contributed by atoms with Crippen LogP contribution < -0.4 is 10.9 Å². The lowest BCUT2D eigenvalue weighted by atomic mass is 10.3. The third-order valence-electron chi connectivity index (χ3n) is 1.37. The zero-order valence-electron chi connectivity index (χ0n) is 7.40. The van der Waals surface area contributed by atoms with Crippen LogP contribution in [-0.4, -0.2) is 12.5 Å². The molecule has 0 heterocycles. The van der Waals surface area contributed by atoms with Crippen molar-refractivity contribution in [2.24, 2.45) is 0 Å². The fourth-order valence-corrected chi connectivity index (χ4v) is 0.497. The van der Waals surface area contributed by atoms with Gasteiger partial charge in [0, 0.05) is 12.1 Å². The zero-order chi connectivity index (χ0) is 8.69. The van der Waals surface area contributed by atoms with Crippen molar-refractivity contribution in [3.8, 4) is 0 Å². The fraction of sp³-hybridized carbons (Fsp3) is 0.625. The lowest BCUT2D eigenvalue weighted by Crippen LogP contribution is -2.38. The van der Waals surface area contributed by atoms with Crippen LogP contribution in [0.15, 0.2) is 11.6 Å². The van der Waals surface area contributed by atoms with Crippen LogP contribution in [-0.2, 0) is 4.79 Å². The number of hydrogen-bond donors (Lipinski definition) is 2. The first-order valence-corrected chi connectivity index (χ1v) is 3.88. The van der Waals surface area contributed by atoms with Crippen LogP contribution in [0.3, 0.4) is 0 Å². The molecule has 0 unspecified atom stereocenters. The fourth-order valence-electron chi connectivity index (χ4n) is 0.497. The van der Waals surface area contributed by atoms with E-state index < -0.39 is 0 Å². The Balaban J connectivity index is 3.53. The highest BCUT2D eigenvalue weighted by atomic mass is 16.2.